The second-order valence-corrected chi connectivity index (χ2v) is 10.3. The van der Waals surface area contributed by atoms with E-state index in [1.165, 1.54) is 3.97 Å². The molecule has 4 aromatic rings. The van der Waals surface area contributed by atoms with Crippen LogP contribution in [-0.4, -0.2) is 45.1 Å². The van der Waals surface area contributed by atoms with Crippen LogP contribution in [0.5, 0.6) is 0 Å². The molecule has 0 amide bonds. The third kappa shape index (κ3) is 3.32. The highest BCUT2D eigenvalue weighted by Gasteiger charge is 2.29. The number of nitrogens with one attached hydrogen (secondary N) is 1. The number of aliphatic hydroxyl groups excluding tert-OH is 1. The molecule has 0 aliphatic heterocycles. The molecule has 0 radical (unpaired) electrons. The molecule has 1 aliphatic carbocycles. The average molecular weight is 454 g/mol. The van der Waals surface area contributed by atoms with Gasteiger partial charge in [-0.1, -0.05) is 18.2 Å². The summed E-state index contributed by atoms with van der Waals surface area (Å²) in [5.74, 6) is 0.598. The van der Waals surface area contributed by atoms with Crippen molar-refractivity contribution in [2.75, 3.05) is 7.05 Å². The van der Waals surface area contributed by atoms with Crippen LogP contribution in [0.25, 0.3) is 22.1 Å². The van der Waals surface area contributed by atoms with Crippen LogP contribution in [0.1, 0.15) is 50.6 Å². The van der Waals surface area contributed by atoms with Crippen LogP contribution in [0.3, 0.4) is 0 Å². The van der Waals surface area contributed by atoms with Crippen LogP contribution in [-0.2, 0) is 10.0 Å². The third-order valence-electron chi connectivity index (χ3n) is 6.50. The predicted molar refractivity (Wildman–Crippen MR) is 123 cm³/mol. The van der Waals surface area contributed by atoms with Crippen LogP contribution in [0.15, 0.2) is 53.7 Å². The van der Waals surface area contributed by atoms with Gasteiger partial charge in [0.1, 0.15) is 17.4 Å². The predicted octanol–water partition coefficient (Wildman–Crippen LogP) is 3.38. The lowest BCUT2D eigenvalue weighted by molar-refractivity contribution is 0.176. The molecular formula is C23H27N5O3S. The molecule has 3 heterocycles. The molecule has 1 aliphatic rings. The molecule has 8 nitrogen and oxygen atoms in total. The van der Waals surface area contributed by atoms with Crippen molar-refractivity contribution < 1.29 is 13.5 Å². The number of benzene rings is 1. The summed E-state index contributed by atoms with van der Waals surface area (Å²) in [6.45, 7) is 1.71. The molecule has 1 aromatic carbocycles. The Morgan fingerprint density at radius 2 is 1.84 bits per heavy atom. The topological polar surface area (TPSA) is 102 Å². The molecule has 2 N–H and O–H groups in total. The molecular weight excluding hydrogens is 426 g/mol. The average Bonchev–Trinajstić information content (AvgIpc) is 3.42. The zero-order valence-corrected chi connectivity index (χ0v) is 19.0. The maximum atomic E-state index is 13.3. The molecule has 0 bridgehead atoms. The molecule has 1 saturated carbocycles. The first-order valence-corrected chi connectivity index (χ1v) is 12.4. The Morgan fingerprint density at radius 1 is 1.12 bits per heavy atom. The quantitative estimate of drug-likeness (QED) is 0.480. The highest BCUT2D eigenvalue weighted by molar-refractivity contribution is 7.90. The standard InChI is InChI=1S/C23H27N5O3S/c1-15(29)22-26-20-14-25-23-19(21(20)28(22)17-10-8-16(24-2)9-11-17)12-13-27(23)32(30,31)18-6-4-3-5-7-18/h3-7,12-17,24,29H,8-11H2,1-2H3/t15-,16?,17?/m1/s1. The zero-order valence-electron chi connectivity index (χ0n) is 18.1. The van der Waals surface area contributed by atoms with Gasteiger partial charge in [0.05, 0.1) is 16.6 Å². The van der Waals surface area contributed by atoms with Gasteiger partial charge in [-0.3, -0.25) is 0 Å². The Kier molecular flexibility index (Phi) is 5.27. The fraction of sp³-hybridized carbons (Fsp3) is 0.391. The van der Waals surface area contributed by atoms with E-state index >= 15 is 0 Å². The molecule has 3 aromatic heterocycles. The van der Waals surface area contributed by atoms with Gasteiger partial charge in [-0.05, 0) is 57.9 Å². The van der Waals surface area contributed by atoms with Gasteiger partial charge in [-0.15, -0.1) is 0 Å². The molecule has 32 heavy (non-hydrogen) atoms. The summed E-state index contributed by atoms with van der Waals surface area (Å²) in [6, 6.07) is 10.8. The number of pyridine rings is 1. The van der Waals surface area contributed by atoms with E-state index < -0.39 is 16.1 Å². The van der Waals surface area contributed by atoms with Gasteiger partial charge in [0.2, 0.25) is 0 Å². The fourth-order valence-electron chi connectivity index (χ4n) is 4.85. The molecule has 9 heteroatoms. The number of rotatable bonds is 5. The van der Waals surface area contributed by atoms with Crippen molar-refractivity contribution >= 4 is 32.1 Å². The summed E-state index contributed by atoms with van der Waals surface area (Å²) in [5.41, 5.74) is 1.86. The SMILES string of the molecule is CNC1CCC(n2c([C@@H](C)O)nc3cnc4c(ccn4S(=O)(=O)c4ccccc4)c32)CC1. The van der Waals surface area contributed by atoms with Gasteiger partial charge >= 0.3 is 0 Å². The zero-order chi connectivity index (χ0) is 22.5. The third-order valence-corrected chi connectivity index (χ3v) is 8.18. The van der Waals surface area contributed by atoms with Crippen molar-refractivity contribution in [1.82, 2.24) is 23.8 Å². The maximum Gasteiger partial charge on any atom is 0.269 e. The summed E-state index contributed by atoms with van der Waals surface area (Å²) < 4.78 is 29.9. The van der Waals surface area contributed by atoms with E-state index in [0.29, 0.717) is 23.0 Å². The summed E-state index contributed by atoms with van der Waals surface area (Å²) >= 11 is 0. The highest BCUT2D eigenvalue weighted by atomic mass is 32.2. The lowest BCUT2D eigenvalue weighted by Gasteiger charge is -2.31. The van der Waals surface area contributed by atoms with Crippen LogP contribution < -0.4 is 5.32 Å². The van der Waals surface area contributed by atoms with Gasteiger partial charge in [0.25, 0.3) is 10.0 Å². The van der Waals surface area contributed by atoms with Crippen molar-refractivity contribution in [3.63, 3.8) is 0 Å². The van der Waals surface area contributed by atoms with E-state index in [9.17, 15) is 13.5 Å². The van der Waals surface area contributed by atoms with E-state index in [1.54, 1.807) is 55.7 Å². The Hall–Kier alpha value is -2.75. The Bertz CT molecular complexity index is 1370. The van der Waals surface area contributed by atoms with Crippen molar-refractivity contribution in [2.45, 2.75) is 55.7 Å². The number of aliphatic hydroxyl groups is 1. The minimum absolute atomic E-state index is 0.189. The molecule has 1 fully saturated rings. The normalized spacial score (nSPS) is 20.7. The second kappa shape index (κ2) is 7.99. The fourth-order valence-corrected chi connectivity index (χ4v) is 6.18. The molecule has 5 rings (SSSR count). The first-order chi connectivity index (χ1) is 15.4. The monoisotopic (exact) mass is 453 g/mol. The van der Waals surface area contributed by atoms with Gasteiger partial charge in [0, 0.05) is 23.7 Å². The van der Waals surface area contributed by atoms with Gasteiger partial charge in [-0.25, -0.2) is 22.4 Å². The van der Waals surface area contributed by atoms with Gasteiger partial charge in [0.15, 0.2) is 5.65 Å². The smallest absolute Gasteiger partial charge is 0.269 e. The largest absolute Gasteiger partial charge is 0.385 e. The summed E-state index contributed by atoms with van der Waals surface area (Å²) in [5, 5.41) is 14.5. The van der Waals surface area contributed by atoms with E-state index in [1.807, 2.05) is 7.05 Å². The van der Waals surface area contributed by atoms with E-state index in [4.69, 9.17) is 0 Å². The summed E-state index contributed by atoms with van der Waals surface area (Å²) in [6.07, 6.45) is 6.42. The van der Waals surface area contributed by atoms with Crippen LogP contribution in [0.2, 0.25) is 0 Å². The first-order valence-electron chi connectivity index (χ1n) is 11.0. The molecule has 168 valence electrons. The van der Waals surface area contributed by atoms with Gasteiger partial charge < -0.3 is 15.0 Å². The molecule has 0 unspecified atom stereocenters. The van der Waals surface area contributed by atoms with E-state index in [2.05, 4.69) is 19.9 Å². The van der Waals surface area contributed by atoms with Crippen LogP contribution >= 0.6 is 0 Å². The number of fused-ring (bicyclic) bond motifs is 3. The number of hydrogen-bond acceptors (Lipinski definition) is 6. The minimum atomic E-state index is -3.78. The number of aromatic nitrogens is 4. The Balaban J connectivity index is 1.70. The first kappa shape index (κ1) is 21.1. The second-order valence-electron chi connectivity index (χ2n) is 8.47. The summed E-state index contributed by atoms with van der Waals surface area (Å²) in [4.78, 5) is 9.36. The lowest BCUT2D eigenvalue weighted by atomic mass is 9.91. The Morgan fingerprint density at radius 3 is 2.50 bits per heavy atom. The van der Waals surface area contributed by atoms with Crippen LogP contribution in [0.4, 0.5) is 0 Å². The summed E-state index contributed by atoms with van der Waals surface area (Å²) in [7, 11) is -1.79. The van der Waals surface area contributed by atoms with Gasteiger partial charge in [-0.2, -0.15) is 0 Å². The van der Waals surface area contributed by atoms with Crippen molar-refractivity contribution in [1.29, 1.82) is 0 Å². The maximum absolute atomic E-state index is 13.3. The van der Waals surface area contributed by atoms with Crippen molar-refractivity contribution in [3.05, 3.63) is 54.6 Å². The number of imidazole rings is 1. The minimum Gasteiger partial charge on any atom is -0.385 e. The number of nitrogens with zero attached hydrogens (tertiary/aromatic N) is 4. The highest BCUT2D eigenvalue weighted by Crippen LogP contribution is 2.37. The lowest BCUT2D eigenvalue weighted by Crippen LogP contribution is -2.31. The van der Waals surface area contributed by atoms with E-state index in [0.717, 1.165) is 36.6 Å². The van der Waals surface area contributed by atoms with E-state index in [-0.39, 0.29) is 10.9 Å². The van der Waals surface area contributed by atoms with Crippen LogP contribution in [0, 0.1) is 0 Å². The molecule has 0 spiro atoms. The number of hydrogen-bond donors (Lipinski definition) is 2. The molecule has 0 saturated heterocycles. The van der Waals surface area contributed by atoms with Crippen molar-refractivity contribution in [2.24, 2.45) is 0 Å². The Labute approximate surface area is 187 Å². The molecule has 1 atom stereocenters. The van der Waals surface area contributed by atoms with Crippen molar-refractivity contribution in [3.8, 4) is 0 Å².